The number of aliphatic imine (C=N–C) groups is 1. The average Bonchev–Trinajstić information content (AvgIpc) is 2.49. The molecule has 4 heteroatoms. The normalized spacial score (nSPS) is 22.8. The molecule has 1 aliphatic rings. The van der Waals surface area contributed by atoms with Gasteiger partial charge in [-0.25, -0.2) is 0 Å². The Labute approximate surface area is 94.0 Å². The van der Waals surface area contributed by atoms with Crippen LogP contribution in [0, 0.1) is 0 Å². The maximum Gasteiger partial charge on any atom is 0.192 e. The summed E-state index contributed by atoms with van der Waals surface area (Å²) in [5.74, 6) is 0.832. The second-order valence-electron chi connectivity index (χ2n) is 5.64. The topological polar surface area (TPSA) is 30.8 Å². The Bertz CT molecular complexity index is 256. The van der Waals surface area contributed by atoms with E-state index in [1.54, 1.807) is 7.11 Å². The number of nitrogens with zero attached hydrogens (tertiary/aromatic N) is 1. The first-order valence-electron chi connectivity index (χ1n) is 5.51. The lowest BCUT2D eigenvalue weighted by Crippen LogP contribution is -2.44. The van der Waals surface area contributed by atoms with E-state index in [0.29, 0.717) is 0 Å². The molecule has 1 unspecified atom stereocenters. The van der Waals surface area contributed by atoms with E-state index in [1.807, 2.05) is 0 Å². The Morgan fingerprint density at radius 3 is 2.33 bits per heavy atom. The second-order valence-corrected chi connectivity index (χ2v) is 10.4. The molecule has 15 heavy (non-hydrogen) atoms. The Balaban J connectivity index is 2.51. The monoisotopic (exact) mass is 229 g/mol. The molecule has 0 N–H and O–H groups in total. The maximum atomic E-state index is 6.24. The SMILES string of the molecule is COC1=NCC(O[Si](C)(C)C(C)(C)C)C1. The van der Waals surface area contributed by atoms with E-state index < -0.39 is 8.32 Å². The zero-order valence-corrected chi connectivity index (χ0v) is 11.8. The second kappa shape index (κ2) is 4.26. The standard InChI is InChI=1S/C11H23NO2Si/c1-11(2,3)15(5,6)14-9-7-10(13-4)12-8-9/h9H,7-8H2,1-6H3. The lowest BCUT2D eigenvalue weighted by molar-refractivity contribution is 0.200. The third-order valence-corrected chi connectivity index (χ3v) is 7.91. The number of hydrogen-bond donors (Lipinski definition) is 0. The zero-order chi connectivity index (χ0) is 11.7. The molecule has 1 rings (SSSR count). The molecule has 1 atom stereocenters. The van der Waals surface area contributed by atoms with Crippen molar-refractivity contribution >= 4 is 14.2 Å². The van der Waals surface area contributed by atoms with Gasteiger partial charge in [0.1, 0.15) is 0 Å². The summed E-state index contributed by atoms with van der Waals surface area (Å²) < 4.78 is 11.4. The molecule has 0 bridgehead atoms. The van der Waals surface area contributed by atoms with Crippen LogP contribution in [0.25, 0.3) is 0 Å². The Morgan fingerprint density at radius 1 is 1.33 bits per heavy atom. The Morgan fingerprint density at radius 2 is 1.93 bits per heavy atom. The first-order valence-corrected chi connectivity index (χ1v) is 8.42. The van der Waals surface area contributed by atoms with Crippen molar-refractivity contribution < 1.29 is 9.16 Å². The van der Waals surface area contributed by atoms with Gasteiger partial charge in [0.15, 0.2) is 14.2 Å². The van der Waals surface area contributed by atoms with Gasteiger partial charge in [-0.15, -0.1) is 0 Å². The molecule has 1 heterocycles. The number of methoxy groups -OCH3 is 1. The minimum atomic E-state index is -1.64. The lowest BCUT2D eigenvalue weighted by atomic mass is 10.2. The predicted molar refractivity (Wildman–Crippen MR) is 66.0 cm³/mol. The summed E-state index contributed by atoms with van der Waals surface area (Å²) in [6, 6.07) is 0. The van der Waals surface area contributed by atoms with E-state index in [2.05, 4.69) is 38.9 Å². The van der Waals surface area contributed by atoms with Crippen molar-refractivity contribution in [2.75, 3.05) is 13.7 Å². The molecule has 0 aliphatic carbocycles. The van der Waals surface area contributed by atoms with Gasteiger partial charge >= 0.3 is 0 Å². The fourth-order valence-corrected chi connectivity index (χ4v) is 2.69. The van der Waals surface area contributed by atoms with Gasteiger partial charge in [0.2, 0.25) is 0 Å². The van der Waals surface area contributed by atoms with Crippen molar-refractivity contribution in [1.29, 1.82) is 0 Å². The van der Waals surface area contributed by atoms with Crippen LogP contribution >= 0.6 is 0 Å². The van der Waals surface area contributed by atoms with E-state index in [1.165, 1.54) is 0 Å². The molecule has 0 radical (unpaired) electrons. The zero-order valence-electron chi connectivity index (χ0n) is 10.8. The Hall–Kier alpha value is -0.353. The van der Waals surface area contributed by atoms with E-state index in [4.69, 9.17) is 9.16 Å². The molecule has 3 nitrogen and oxygen atoms in total. The molecule has 0 spiro atoms. The summed E-state index contributed by atoms with van der Waals surface area (Å²) in [4.78, 5) is 4.29. The fourth-order valence-electron chi connectivity index (χ4n) is 1.35. The summed E-state index contributed by atoms with van der Waals surface area (Å²) >= 11 is 0. The number of ether oxygens (including phenoxy) is 1. The highest BCUT2D eigenvalue weighted by Crippen LogP contribution is 2.38. The molecule has 0 saturated heterocycles. The number of rotatable bonds is 2. The molecule has 0 amide bonds. The Kier molecular flexibility index (Phi) is 3.61. The summed E-state index contributed by atoms with van der Waals surface area (Å²) in [5.41, 5.74) is 0. The molecule has 0 aromatic heterocycles. The van der Waals surface area contributed by atoms with Gasteiger partial charge in [-0.2, -0.15) is 0 Å². The van der Waals surface area contributed by atoms with Crippen molar-refractivity contribution in [1.82, 2.24) is 0 Å². The first-order chi connectivity index (χ1) is 6.76. The van der Waals surface area contributed by atoms with Gasteiger partial charge in [0.25, 0.3) is 0 Å². The smallest absolute Gasteiger partial charge is 0.192 e. The van der Waals surface area contributed by atoms with Gasteiger partial charge in [0, 0.05) is 0 Å². The van der Waals surface area contributed by atoms with E-state index in [9.17, 15) is 0 Å². The largest absolute Gasteiger partial charge is 0.484 e. The van der Waals surface area contributed by atoms with Crippen LogP contribution in [0.5, 0.6) is 0 Å². The molecule has 0 aromatic rings. The van der Waals surface area contributed by atoms with E-state index in [-0.39, 0.29) is 11.1 Å². The average molecular weight is 229 g/mol. The highest BCUT2D eigenvalue weighted by atomic mass is 28.4. The van der Waals surface area contributed by atoms with Crippen molar-refractivity contribution in [2.24, 2.45) is 4.99 Å². The van der Waals surface area contributed by atoms with Gasteiger partial charge in [-0.1, -0.05) is 20.8 Å². The summed E-state index contributed by atoms with van der Waals surface area (Å²) in [6.45, 7) is 12.1. The van der Waals surface area contributed by atoms with Crippen molar-refractivity contribution in [3.63, 3.8) is 0 Å². The van der Waals surface area contributed by atoms with E-state index in [0.717, 1.165) is 18.9 Å². The molecule has 0 saturated carbocycles. The summed E-state index contributed by atoms with van der Waals surface area (Å²) in [5, 5.41) is 0.267. The van der Waals surface area contributed by atoms with Crippen LogP contribution in [-0.4, -0.2) is 34.0 Å². The van der Waals surface area contributed by atoms with Crippen LogP contribution in [0.3, 0.4) is 0 Å². The van der Waals surface area contributed by atoms with Crippen molar-refractivity contribution in [3.05, 3.63) is 0 Å². The van der Waals surface area contributed by atoms with Gasteiger partial charge in [0.05, 0.1) is 26.2 Å². The van der Waals surface area contributed by atoms with Gasteiger partial charge < -0.3 is 9.16 Å². The predicted octanol–water partition coefficient (Wildman–Crippen LogP) is 2.83. The highest BCUT2D eigenvalue weighted by molar-refractivity contribution is 6.74. The summed E-state index contributed by atoms with van der Waals surface area (Å²) in [7, 11) is 0.0330. The van der Waals surface area contributed by atoms with Crippen LogP contribution in [0.15, 0.2) is 4.99 Å². The molecule has 1 aliphatic heterocycles. The minimum Gasteiger partial charge on any atom is -0.484 e. The van der Waals surface area contributed by atoms with Crippen LogP contribution in [0.4, 0.5) is 0 Å². The van der Waals surface area contributed by atoms with Crippen LogP contribution < -0.4 is 0 Å². The fraction of sp³-hybridized carbons (Fsp3) is 0.909. The first kappa shape index (κ1) is 12.7. The van der Waals surface area contributed by atoms with E-state index >= 15 is 0 Å². The maximum absolute atomic E-state index is 6.24. The lowest BCUT2D eigenvalue weighted by Gasteiger charge is -2.38. The quantitative estimate of drug-likeness (QED) is 0.682. The van der Waals surface area contributed by atoms with Crippen LogP contribution in [0.2, 0.25) is 18.1 Å². The number of hydrogen-bond acceptors (Lipinski definition) is 3. The van der Waals surface area contributed by atoms with Crippen molar-refractivity contribution in [3.8, 4) is 0 Å². The van der Waals surface area contributed by atoms with Crippen LogP contribution in [-0.2, 0) is 9.16 Å². The van der Waals surface area contributed by atoms with Gasteiger partial charge in [-0.05, 0) is 18.1 Å². The van der Waals surface area contributed by atoms with Gasteiger partial charge in [-0.3, -0.25) is 4.99 Å². The molecular weight excluding hydrogens is 206 g/mol. The minimum absolute atomic E-state index is 0.237. The molecule has 0 aromatic carbocycles. The molecular formula is C11H23NO2Si. The van der Waals surface area contributed by atoms with Crippen molar-refractivity contribution in [2.45, 2.75) is 51.4 Å². The van der Waals surface area contributed by atoms with Crippen LogP contribution in [0.1, 0.15) is 27.2 Å². The highest BCUT2D eigenvalue weighted by Gasteiger charge is 2.40. The third kappa shape index (κ3) is 3.05. The molecule has 0 fully saturated rings. The summed E-state index contributed by atoms with van der Waals surface area (Å²) in [6.07, 6.45) is 1.07. The molecule has 88 valence electrons. The third-order valence-electron chi connectivity index (χ3n) is 3.38.